The van der Waals surface area contributed by atoms with Gasteiger partial charge in [-0.15, -0.1) is 0 Å². The van der Waals surface area contributed by atoms with Gasteiger partial charge in [0.2, 0.25) is 0 Å². The van der Waals surface area contributed by atoms with E-state index in [4.69, 9.17) is 5.73 Å². The zero-order chi connectivity index (χ0) is 11.3. The summed E-state index contributed by atoms with van der Waals surface area (Å²) in [7, 11) is 6.26. The third-order valence-electron chi connectivity index (χ3n) is 2.21. The average molecular weight is 208 g/mol. The topological polar surface area (TPSA) is 45.4 Å². The minimum Gasteiger partial charge on any atom is -0.397 e. The lowest BCUT2D eigenvalue weighted by Gasteiger charge is -2.18. The first kappa shape index (κ1) is 11.9. The smallest absolute Gasteiger partial charge is 0.0545 e. The van der Waals surface area contributed by atoms with E-state index < -0.39 is 0 Å². The van der Waals surface area contributed by atoms with E-state index in [-0.39, 0.29) is 0 Å². The summed E-state index contributed by atoms with van der Waals surface area (Å²) in [6, 6.07) is 3.86. The summed E-state index contributed by atoms with van der Waals surface area (Å²) in [5.74, 6) is 0. The van der Waals surface area contributed by atoms with E-state index in [0.717, 1.165) is 31.0 Å². The van der Waals surface area contributed by atoms with Crippen LogP contribution < -0.4 is 5.73 Å². The fourth-order valence-corrected chi connectivity index (χ4v) is 1.26. The molecule has 0 bridgehead atoms. The second-order valence-electron chi connectivity index (χ2n) is 4.12. The predicted octanol–water partition coefficient (Wildman–Crippen LogP) is 0.657. The van der Waals surface area contributed by atoms with Crippen LogP contribution in [0.5, 0.6) is 0 Å². The van der Waals surface area contributed by atoms with Crippen LogP contribution in [0.15, 0.2) is 18.3 Å². The number of rotatable bonds is 5. The maximum Gasteiger partial charge on any atom is 0.0545 e. The Kier molecular flexibility index (Phi) is 4.52. The Hall–Kier alpha value is -1.13. The number of hydrogen-bond donors (Lipinski definition) is 1. The van der Waals surface area contributed by atoms with Gasteiger partial charge in [0.15, 0.2) is 0 Å². The average Bonchev–Trinajstić information content (AvgIpc) is 2.19. The normalized spacial score (nSPS) is 11.3. The Morgan fingerprint density at radius 3 is 2.47 bits per heavy atom. The summed E-state index contributed by atoms with van der Waals surface area (Å²) in [4.78, 5) is 8.69. The van der Waals surface area contributed by atoms with Crippen molar-refractivity contribution in [3.63, 3.8) is 0 Å². The maximum absolute atomic E-state index is 5.57. The molecule has 0 radical (unpaired) electrons. The number of nitrogens with two attached hydrogens (primary N) is 1. The van der Waals surface area contributed by atoms with E-state index in [0.29, 0.717) is 0 Å². The molecule has 0 spiro atoms. The summed E-state index contributed by atoms with van der Waals surface area (Å²) in [5.41, 5.74) is 7.35. The first-order valence-corrected chi connectivity index (χ1v) is 5.11. The van der Waals surface area contributed by atoms with Gasteiger partial charge in [0, 0.05) is 19.6 Å². The van der Waals surface area contributed by atoms with Crippen LogP contribution in [0.2, 0.25) is 0 Å². The van der Waals surface area contributed by atoms with E-state index in [1.54, 1.807) is 6.20 Å². The Morgan fingerprint density at radius 1 is 1.20 bits per heavy atom. The van der Waals surface area contributed by atoms with Crippen LogP contribution >= 0.6 is 0 Å². The van der Waals surface area contributed by atoms with Crippen LogP contribution in [-0.2, 0) is 6.54 Å². The second kappa shape index (κ2) is 5.68. The van der Waals surface area contributed by atoms with Gasteiger partial charge in [0.25, 0.3) is 0 Å². The molecule has 0 aromatic carbocycles. The largest absolute Gasteiger partial charge is 0.397 e. The highest BCUT2D eigenvalue weighted by molar-refractivity contribution is 5.34. The first-order valence-electron chi connectivity index (χ1n) is 5.11. The molecule has 0 aliphatic carbocycles. The lowest BCUT2D eigenvalue weighted by molar-refractivity contribution is 0.274. The third kappa shape index (κ3) is 4.76. The third-order valence-corrected chi connectivity index (χ3v) is 2.21. The van der Waals surface area contributed by atoms with Gasteiger partial charge in [0.1, 0.15) is 0 Å². The zero-order valence-electron chi connectivity index (χ0n) is 9.77. The van der Waals surface area contributed by atoms with Crippen molar-refractivity contribution >= 4 is 5.69 Å². The van der Waals surface area contributed by atoms with Crippen LogP contribution in [0.1, 0.15) is 5.69 Å². The van der Waals surface area contributed by atoms with E-state index in [2.05, 4.69) is 35.9 Å². The fraction of sp³-hybridized carbons (Fsp3) is 0.545. The summed E-state index contributed by atoms with van der Waals surface area (Å²) in [5, 5.41) is 0. The van der Waals surface area contributed by atoms with Gasteiger partial charge in [-0.1, -0.05) is 0 Å². The van der Waals surface area contributed by atoms with Crippen molar-refractivity contribution in [2.45, 2.75) is 6.54 Å². The Labute approximate surface area is 91.7 Å². The molecule has 0 unspecified atom stereocenters. The number of likely N-dealkylation sites (N-methyl/N-ethyl adjacent to an activating group) is 2. The minimum absolute atomic E-state index is 0.717. The number of nitrogen functional groups attached to an aromatic ring is 1. The van der Waals surface area contributed by atoms with Crippen molar-refractivity contribution in [3.05, 3.63) is 24.0 Å². The molecule has 0 saturated carbocycles. The molecule has 15 heavy (non-hydrogen) atoms. The molecule has 1 rings (SSSR count). The highest BCUT2D eigenvalue weighted by Gasteiger charge is 2.01. The molecule has 4 nitrogen and oxygen atoms in total. The molecule has 1 aromatic heterocycles. The van der Waals surface area contributed by atoms with Crippen molar-refractivity contribution in [3.8, 4) is 0 Å². The molecular formula is C11H20N4. The molecule has 2 N–H and O–H groups in total. The number of anilines is 1. The number of nitrogens with zero attached hydrogens (tertiary/aromatic N) is 3. The Bertz CT molecular complexity index is 281. The van der Waals surface area contributed by atoms with E-state index >= 15 is 0 Å². The number of aromatic nitrogens is 1. The monoisotopic (exact) mass is 208 g/mol. The number of pyridine rings is 1. The lowest BCUT2D eigenvalue weighted by Crippen LogP contribution is -2.28. The van der Waals surface area contributed by atoms with Crippen molar-refractivity contribution in [2.24, 2.45) is 0 Å². The van der Waals surface area contributed by atoms with Gasteiger partial charge in [-0.3, -0.25) is 9.88 Å². The quantitative estimate of drug-likeness (QED) is 0.772. The molecule has 84 valence electrons. The van der Waals surface area contributed by atoms with Gasteiger partial charge in [-0.25, -0.2) is 0 Å². The fourth-order valence-electron chi connectivity index (χ4n) is 1.26. The molecule has 0 aliphatic rings. The molecular weight excluding hydrogens is 188 g/mol. The second-order valence-corrected chi connectivity index (χ2v) is 4.12. The van der Waals surface area contributed by atoms with Crippen LogP contribution in [-0.4, -0.2) is 49.0 Å². The molecule has 0 aliphatic heterocycles. The van der Waals surface area contributed by atoms with Gasteiger partial charge < -0.3 is 10.6 Å². The van der Waals surface area contributed by atoms with Gasteiger partial charge in [0.05, 0.1) is 17.6 Å². The first-order chi connectivity index (χ1) is 7.08. The predicted molar refractivity (Wildman–Crippen MR) is 63.5 cm³/mol. The Morgan fingerprint density at radius 2 is 1.93 bits per heavy atom. The Balaban J connectivity index is 2.37. The van der Waals surface area contributed by atoms with Crippen LogP contribution in [0.25, 0.3) is 0 Å². The minimum atomic E-state index is 0.717. The van der Waals surface area contributed by atoms with Crippen molar-refractivity contribution in [1.29, 1.82) is 0 Å². The molecule has 0 fully saturated rings. The van der Waals surface area contributed by atoms with Gasteiger partial charge in [-0.05, 0) is 33.3 Å². The van der Waals surface area contributed by atoms with Crippen molar-refractivity contribution < 1.29 is 0 Å². The van der Waals surface area contributed by atoms with Crippen LogP contribution in [0.4, 0.5) is 5.69 Å². The van der Waals surface area contributed by atoms with Crippen LogP contribution in [0.3, 0.4) is 0 Å². The summed E-state index contributed by atoms with van der Waals surface area (Å²) in [6.07, 6.45) is 1.70. The summed E-state index contributed by atoms with van der Waals surface area (Å²) < 4.78 is 0. The molecule has 1 aromatic rings. The maximum atomic E-state index is 5.57. The summed E-state index contributed by atoms with van der Waals surface area (Å²) >= 11 is 0. The van der Waals surface area contributed by atoms with Gasteiger partial charge >= 0.3 is 0 Å². The standard InChI is InChI=1S/C11H20N4/c1-14(2)6-7-15(3)9-11-5-4-10(12)8-13-11/h4-5,8H,6-7,9,12H2,1-3H3. The SMILES string of the molecule is CN(C)CCN(C)Cc1ccc(N)cn1. The lowest BCUT2D eigenvalue weighted by atomic mass is 10.3. The molecule has 1 heterocycles. The summed E-state index contributed by atoms with van der Waals surface area (Å²) in [6.45, 7) is 2.97. The van der Waals surface area contributed by atoms with Crippen molar-refractivity contribution in [2.75, 3.05) is 40.0 Å². The zero-order valence-corrected chi connectivity index (χ0v) is 9.77. The van der Waals surface area contributed by atoms with E-state index in [1.807, 2.05) is 12.1 Å². The van der Waals surface area contributed by atoms with Crippen molar-refractivity contribution in [1.82, 2.24) is 14.8 Å². The highest BCUT2D eigenvalue weighted by Crippen LogP contribution is 2.03. The van der Waals surface area contributed by atoms with E-state index in [9.17, 15) is 0 Å². The molecule has 0 atom stereocenters. The van der Waals surface area contributed by atoms with Crippen LogP contribution in [0, 0.1) is 0 Å². The van der Waals surface area contributed by atoms with Gasteiger partial charge in [-0.2, -0.15) is 0 Å². The molecule has 4 heteroatoms. The number of hydrogen-bond acceptors (Lipinski definition) is 4. The highest BCUT2D eigenvalue weighted by atomic mass is 15.2. The molecule has 0 saturated heterocycles. The molecule has 0 amide bonds. The van der Waals surface area contributed by atoms with E-state index in [1.165, 1.54) is 0 Å².